The van der Waals surface area contributed by atoms with E-state index < -0.39 is 0 Å². The molecule has 0 spiro atoms. The number of hydrogen-bond donors (Lipinski definition) is 0. The van der Waals surface area contributed by atoms with E-state index in [1.54, 1.807) is 34.5 Å². The molecule has 0 unspecified atom stereocenters. The van der Waals surface area contributed by atoms with Crippen LogP contribution in [0.4, 0.5) is 0 Å². The highest BCUT2D eigenvalue weighted by Gasteiger charge is 2.22. The van der Waals surface area contributed by atoms with Crippen LogP contribution in [0.5, 0.6) is 23.0 Å². The number of ether oxygens (including phenoxy) is 6. The van der Waals surface area contributed by atoms with Gasteiger partial charge in [-0.2, -0.15) is 0 Å². The number of terminal acetylenes is 1. The molecule has 0 saturated heterocycles. The Kier molecular flexibility index (Phi) is 11.9. The van der Waals surface area contributed by atoms with Gasteiger partial charge in [-0.3, -0.25) is 0 Å². The van der Waals surface area contributed by atoms with Gasteiger partial charge in [-0.1, -0.05) is 19.3 Å². The van der Waals surface area contributed by atoms with E-state index in [1.807, 2.05) is 0 Å². The molecule has 6 heteroatoms. The Morgan fingerprint density at radius 2 is 1.44 bits per heavy atom. The molecule has 0 N–H and O–H groups in total. The third-order valence-electron chi connectivity index (χ3n) is 4.08. The Balaban J connectivity index is 2.97. The summed E-state index contributed by atoms with van der Waals surface area (Å²) in [4.78, 5) is 0. The third-order valence-corrected chi connectivity index (χ3v) is 4.08. The van der Waals surface area contributed by atoms with Crippen LogP contribution < -0.4 is 18.9 Å². The maximum Gasteiger partial charge on any atom is 0.188 e. The quantitative estimate of drug-likeness (QED) is 0.258. The van der Waals surface area contributed by atoms with E-state index in [0.717, 1.165) is 50.5 Å². The lowest BCUT2D eigenvalue weighted by Crippen LogP contribution is -2.08. The van der Waals surface area contributed by atoms with E-state index in [0.29, 0.717) is 23.0 Å². The highest BCUT2D eigenvalue weighted by molar-refractivity contribution is 5.61. The largest absolute Gasteiger partial charge is 0.493 e. The molecule has 1 aromatic rings. The molecule has 0 bridgehead atoms. The van der Waals surface area contributed by atoms with Crippen LogP contribution in [0.25, 0.3) is 0 Å². The number of unbranched alkanes of at least 4 members (excludes halogenated alkanes) is 5. The van der Waals surface area contributed by atoms with E-state index >= 15 is 0 Å². The van der Waals surface area contributed by atoms with Gasteiger partial charge in [0.05, 0.1) is 14.2 Å². The molecule has 0 atom stereocenters. The second kappa shape index (κ2) is 14.0. The van der Waals surface area contributed by atoms with E-state index in [4.69, 9.17) is 34.8 Å². The molecule has 0 aliphatic rings. The first-order valence-corrected chi connectivity index (χ1v) is 9.18. The van der Waals surface area contributed by atoms with Crippen LogP contribution in [-0.4, -0.2) is 42.0 Å². The molecule has 0 amide bonds. The van der Waals surface area contributed by atoms with E-state index in [2.05, 4.69) is 5.92 Å². The van der Waals surface area contributed by atoms with Gasteiger partial charge in [-0.25, -0.2) is 0 Å². The Bertz CT molecular complexity index is 579. The summed E-state index contributed by atoms with van der Waals surface area (Å²) in [6, 6.07) is 1.74. The monoisotopic (exact) mass is 380 g/mol. The maximum atomic E-state index is 5.78. The molecular formula is C21H32O6. The minimum absolute atomic E-state index is 0.117. The molecule has 1 rings (SSSR count). The van der Waals surface area contributed by atoms with Gasteiger partial charge in [0, 0.05) is 32.3 Å². The van der Waals surface area contributed by atoms with Crippen molar-refractivity contribution in [3.8, 4) is 35.3 Å². The van der Waals surface area contributed by atoms with Crippen molar-refractivity contribution in [3.63, 3.8) is 0 Å². The molecule has 0 radical (unpaired) electrons. The number of hydrogen-bond acceptors (Lipinski definition) is 6. The van der Waals surface area contributed by atoms with Crippen LogP contribution in [0.2, 0.25) is 0 Å². The molecule has 0 heterocycles. The van der Waals surface area contributed by atoms with E-state index in [-0.39, 0.29) is 13.6 Å². The third kappa shape index (κ3) is 7.58. The predicted molar refractivity (Wildman–Crippen MR) is 105 cm³/mol. The Morgan fingerprint density at radius 3 is 2.07 bits per heavy atom. The lowest BCUT2D eigenvalue weighted by molar-refractivity contribution is 0.0444. The Morgan fingerprint density at radius 1 is 0.778 bits per heavy atom. The van der Waals surface area contributed by atoms with Crippen molar-refractivity contribution < 1.29 is 28.4 Å². The minimum Gasteiger partial charge on any atom is -0.493 e. The predicted octanol–water partition coefficient (Wildman–Crippen LogP) is 4.19. The summed E-state index contributed by atoms with van der Waals surface area (Å²) >= 11 is 0. The van der Waals surface area contributed by atoms with Crippen molar-refractivity contribution in [2.24, 2.45) is 0 Å². The summed E-state index contributed by atoms with van der Waals surface area (Å²) in [7, 11) is 6.36. The van der Waals surface area contributed by atoms with Crippen molar-refractivity contribution >= 4 is 0 Å². The fourth-order valence-electron chi connectivity index (χ4n) is 2.82. The van der Waals surface area contributed by atoms with Gasteiger partial charge < -0.3 is 28.4 Å². The van der Waals surface area contributed by atoms with Crippen LogP contribution in [-0.2, 0) is 15.9 Å². The van der Waals surface area contributed by atoms with Gasteiger partial charge in [-0.15, -0.1) is 12.3 Å². The van der Waals surface area contributed by atoms with Crippen LogP contribution in [0.3, 0.4) is 0 Å². The molecule has 6 nitrogen and oxygen atoms in total. The normalized spacial score (nSPS) is 10.3. The summed E-state index contributed by atoms with van der Waals surface area (Å²) in [5, 5.41) is 0. The first-order valence-electron chi connectivity index (χ1n) is 9.18. The lowest BCUT2D eigenvalue weighted by atomic mass is 10.0. The summed E-state index contributed by atoms with van der Waals surface area (Å²) in [5.41, 5.74) is 0.906. The fourth-order valence-corrected chi connectivity index (χ4v) is 2.82. The van der Waals surface area contributed by atoms with Crippen LogP contribution >= 0.6 is 0 Å². The Hall–Kier alpha value is -2.10. The van der Waals surface area contributed by atoms with Crippen molar-refractivity contribution in [2.45, 2.75) is 44.9 Å². The SMILES string of the molecule is C#CCCCCCCCc1c(OC)c(OCOC)cc(OC)c1OCOC. The Labute approximate surface area is 163 Å². The second-order valence-electron chi connectivity index (χ2n) is 5.99. The topological polar surface area (TPSA) is 55.4 Å². The van der Waals surface area contributed by atoms with E-state index in [1.165, 1.54) is 0 Å². The summed E-state index contributed by atoms with van der Waals surface area (Å²) in [6.45, 7) is 0.239. The number of methoxy groups -OCH3 is 4. The van der Waals surface area contributed by atoms with Gasteiger partial charge >= 0.3 is 0 Å². The molecule has 0 aliphatic heterocycles. The van der Waals surface area contributed by atoms with Crippen molar-refractivity contribution in [1.29, 1.82) is 0 Å². The fraction of sp³-hybridized carbons (Fsp3) is 0.619. The van der Waals surface area contributed by atoms with Crippen molar-refractivity contribution in [3.05, 3.63) is 11.6 Å². The summed E-state index contributed by atoms with van der Waals surface area (Å²) < 4.78 is 32.6. The highest BCUT2D eigenvalue weighted by atomic mass is 16.7. The maximum absolute atomic E-state index is 5.78. The zero-order chi connectivity index (χ0) is 19.9. The summed E-state index contributed by atoms with van der Waals surface area (Å²) in [6.07, 6.45) is 12.4. The minimum atomic E-state index is 0.117. The molecule has 27 heavy (non-hydrogen) atoms. The molecule has 0 aromatic heterocycles. The molecular weight excluding hydrogens is 348 g/mol. The summed E-state index contributed by atoms with van der Waals surface area (Å²) in [5.74, 6) is 5.06. The molecule has 0 fully saturated rings. The number of benzene rings is 1. The molecule has 0 saturated carbocycles. The zero-order valence-corrected chi connectivity index (χ0v) is 17.0. The van der Waals surface area contributed by atoms with Crippen LogP contribution in [0.1, 0.15) is 44.1 Å². The second-order valence-corrected chi connectivity index (χ2v) is 5.99. The van der Waals surface area contributed by atoms with Crippen LogP contribution in [0.15, 0.2) is 6.07 Å². The van der Waals surface area contributed by atoms with Crippen LogP contribution in [0, 0.1) is 12.3 Å². The number of rotatable bonds is 15. The zero-order valence-electron chi connectivity index (χ0n) is 17.0. The van der Waals surface area contributed by atoms with Crippen molar-refractivity contribution in [1.82, 2.24) is 0 Å². The highest BCUT2D eigenvalue weighted by Crippen LogP contribution is 2.45. The molecule has 0 aliphatic carbocycles. The van der Waals surface area contributed by atoms with Gasteiger partial charge in [-0.05, 0) is 19.3 Å². The van der Waals surface area contributed by atoms with Gasteiger partial charge in [0.1, 0.15) is 0 Å². The standard InChI is InChI=1S/C21H32O6/c1-6-7-8-9-10-11-12-13-17-20(25-5)19(26-15-22-2)14-18(24-4)21(17)27-16-23-3/h1,14H,7-13,15-16H2,2-5H3. The molecule has 152 valence electrons. The molecule has 1 aromatic carbocycles. The van der Waals surface area contributed by atoms with Gasteiger partial charge in [0.2, 0.25) is 0 Å². The average Bonchev–Trinajstić information content (AvgIpc) is 2.69. The first-order chi connectivity index (χ1) is 13.2. The first kappa shape index (κ1) is 22.9. The van der Waals surface area contributed by atoms with Gasteiger partial charge in [0.15, 0.2) is 36.6 Å². The smallest absolute Gasteiger partial charge is 0.188 e. The van der Waals surface area contributed by atoms with E-state index in [9.17, 15) is 0 Å². The van der Waals surface area contributed by atoms with Crippen molar-refractivity contribution in [2.75, 3.05) is 42.0 Å². The van der Waals surface area contributed by atoms with Gasteiger partial charge in [0.25, 0.3) is 0 Å². The lowest BCUT2D eigenvalue weighted by Gasteiger charge is -2.20. The average molecular weight is 380 g/mol.